The molecule has 47 heavy (non-hydrogen) atoms. The maximum atomic E-state index is 13.3. The molecule has 0 spiro atoms. The van der Waals surface area contributed by atoms with Gasteiger partial charge in [-0.05, 0) is 43.8 Å². The number of rotatable bonds is 9. The minimum Gasteiger partial charge on any atom is -0.379 e. The van der Waals surface area contributed by atoms with Crippen molar-refractivity contribution in [2.24, 2.45) is 0 Å². The van der Waals surface area contributed by atoms with Crippen LogP contribution in [0.1, 0.15) is 48.1 Å². The number of carbonyl (C=O) groups excluding carboxylic acids is 1. The molecule has 2 fully saturated rings. The number of nitrogens with one attached hydrogen (secondary N) is 3. The SMILES string of the molecule is Cc1ccc(NC(=O)c2ccnc(C(C)(C)C)c2)cc1Nc1cc(CN2CCOCC2)nn1-c1cc(NN2CCN(C)CC2)ncn1. The molecule has 3 N–H and O–H groups in total. The van der Waals surface area contributed by atoms with Gasteiger partial charge >= 0.3 is 0 Å². The predicted octanol–water partition coefficient (Wildman–Crippen LogP) is 4.07. The topological polar surface area (TPSA) is 129 Å². The zero-order chi connectivity index (χ0) is 33.0. The maximum Gasteiger partial charge on any atom is 0.255 e. The third kappa shape index (κ3) is 8.30. The van der Waals surface area contributed by atoms with Crippen molar-refractivity contribution in [2.75, 3.05) is 75.6 Å². The van der Waals surface area contributed by atoms with Crippen molar-refractivity contribution in [3.8, 4) is 5.82 Å². The number of aromatic nitrogens is 5. The average Bonchev–Trinajstić information content (AvgIpc) is 3.45. The van der Waals surface area contributed by atoms with Gasteiger partial charge in [0.1, 0.15) is 18.0 Å². The molecule has 13 heteroatoms. The summed E-state index contributed by atoms with van der Waals surface area (Å²) in [7, 11) is 2.13. The number of benzene rings is 1. The van der Waals surface area contributed by atoms with E-state index in [2.05, 4.69) is 79.7 Å². The van der Waals surface area contributed by atoms with E-state index < -0.39 is 0 Å². The van der Waals surface area contributed by atoms with E-state index in [0.29, 0.717) is 42.6 Å². The monoisotopic (exact) mass is 639 g/mol. The molecule has 2 aliphatic heterocycles. The van der Waals surface area contributed by atoms with Crippen molar-refractivity contribution in [1.82, 2.24) is 39.5 Å². The summed E-state index contributed by atoms with van der Waals surface area (Å²) in [5, 5.41) is 13.8. The summed E-state index contributed by atoms with van der Waals surface area (Å²) < 4.78 is 7.38. The third-order valence-electron chi connectivity index (χ3n) is 8.44. The molecule has 1 aromatic carbocycles. The Bertz CT molecular complexity index is 1690. The van der Waals surface area contributed by atoms with Crippen LogP contribution in [0.4, 0.5) is 23.0 Å². The van der Waals surface area contributed by atoms with Crippen LogP contribution in [0.25, 0.3) is 5.82 Å². The number of carbonyl (C=O) groups is 1. The predicted molar refractivity (Wildman–Crippen MR) is 183 cm³/mol. The van der Waals surface area contributed by atoms with E-state index in [9.17, 15) is 4.79 Å². The molecule has 0 saturated carbocycles. The van der Waals surface area contributed by atoms with Crippen LogP contribution in [-0.4, -0.2) is 105 Å². The number of hydrogen-bond acceptors (Lipinski definition) is 11. The molecule has 13 nitrogen and oxygen atoms in total. The molecular formula is C34H45N11O2. The first-order valence-corrected chi connectivity index (χ1v) is 16.2. The van der Waals surface area contributed by atoms with Gasteiger partial charge in [0, 0.05) is 92.2 Å². The average molecular weight is 640 g/mol. The van der Waals surface area contributed by atoms with Crippen LogP contribution >= 0.6 is 0 Å². The number of nitrogens with zero attached hydrogens (tertiary/aromatic N) is 8. The van der Waals surface area contributed by atoms with Gasteiger partial charge in [0.15, 0.2) is 5.82 Å². The lowest BCUT2D eigenvalue weighted by atomic mass is 9.91. The van der Waals surface area contributed by atoms with E-state index in [1.807, 2.05) is 41.9 Å². The highest BCUT2D eigenvalue weighted by atomic mass is 16.5. The first-order chi connectivity index (χ1) is 22.6. The van der Waals surface area contributed by atoms with Gasteiger partial charge in [-0.3, -0.25) is 14.7 Å². The van der Waals surface area contributed by atoms with Crippen molar-refractivity contribution in [3.05, 3.63) is 77.5 Å². The fourth-order valence-electron chi connectivity index (χ4n) is 5.52. The lowest BCUT2D eigenvalue weighted by Crippen LogP contribution is -2.47. The summed E-state index contributed by atoms with van der Waals surface area (Å²) >= 11 is 0. The Kier molecular flexibility index (Phi) is 9.78. The second-order valence-electron chi connectivity index (χ2n) is 13.3. The molecule has 0 aliphatic carbocycles. The van der Waals surface area contributed by atoms with E-state index in [1.165, 1.54) is 0 Å². The minimum absolute atomic E-state index is 0.161. The van der Waals surface area contributed by atoms with Gasteiger partial charge < -0.3 is 25.7 Å². The second-order valence-corrected chi connectivity index (χ2v) is 13.3. The number of anilines is 4. The minimum atomic E-state index is -0.188. The summed E-state index contributed by atoms with van der Waals surface area (Å²) in [6.45, 7) is 15.9. The van der Waals surface area contributed by atoms with E-state index in [4.69, 9.17) is 9.84 Å². The highest BCUT2D eigenvalue weighted by Gasteiger charge is 2.20. The summed E-state index contributed by atoms with van der Waals surface area (Å²) in [6, 6.07) is 13.4. The molecule has 0 bridgehead atoms. The van der Waals surface area contributed by atoms with Crippen LogP contribution in [0, 0.1) is 6.92 Å². The molecule has 0 unspecified atom stereocenters. The molecule has 1 amide bonds. The quantitative estimate of drug-likeness (QED) is 0.245. The Hall–Kier alpha value is -4.43. The Morgan fingerprint density at radius 3 is 2.49 bits per heavy atom. The number of hydrogen-bond donors (Lipinski definition) is 3. The Balaban J connectivity index is 1.25. The molecule has 3 aromatic heterocycles. The summed E-state index contributed by atoms with van der Waals surface area (Å²) in [5.74, 6) is 1.92. The first-order valence-electron chi connectivity index (χ1n) is 16.2. The van der Waals surface area contributed by atoms with Gasteiger partial charge in [0.25, 0.3) is 5.91 Å². The third-order valence-corrected chi connectivity index (χ3v) is 8.44. The van der Waals surface area contributed by atoms with Crippen molar-refractivity contribution in [1.29, 1.82) is 0 Å². The number of hydrazine groups is 1. The van der Waals surface area contributed by atoms with Gasteiger partial charge in [-0.2, -0.15) is 9.78 Å². The second kappa shape index (κ2) is 14.1. The van der Waals surface area contributed by atoms with E-state index in [-0.39, 0.29) is 11.3 Å². The van der Waals surface area contributed by atoms with Crippen molar-refractivity contribution < 1.29 is 9.53 Å². The molecule has 248 valence electrons. The Morgan fingerprint density at radius 2 is 1.72 bits per heavy atom. The van der Waals surface area contributed by atoms with Crippen LogP contribution < -0.4 is 16.1 Å². The first kappa shape index (κ1) is 32.5. The summed E-state index contributed by atoms with van der Waals surface area (Å²) in [5.41, 5.74) is 8.16. The van der Waals surface area contributed by atoms with E-state index in [1.54, 1.807) is 18.6 Å². The molecular weight excluding hydrogens is 594 g/mol. The molecule has 6 rings (SSSR count). The molecule has 4 aromatic rings. The van der Waals surface area contributed by atoms with Gasteiger partial charge in [-0.15, -0.1) is 0 Å². The lowest BCUT2D eigenvalue weighted by molar-refractivity contribution is 0.0336. The highest BCUT2D eigenvalue weighted by Crippen LogP contribution is 2.28. The molecule has 5 heterocycles. The largest absolute Gasteiger partial charge is 0.379 e. The standard InChI is InChI=1S/C34H45N11O2/c1-24-6-7-26(38-33(46)25-8-9-35-29(18-25)34(2,3)4)19-28(24)39-32-20-27(22-43-14-16-47-17-15-43)40-45(32)31-21-30(36-23-37-31)41-44-12-10-42(5)11-13-44/h6-9,18-21,23,39H,10-17,22H2,1-5H3,(H,38,46)(H,36,37,41). The lowest BCUT2D eigenvalue weighted by Gasteiger charge is -2.32. The van der Waals surface area contributed by atoms with Gasteiger partial charge in [0.2, 0.25) is 0 Å². The van der Waals surface area contributed by atoms with Gasteiger partial charge in [-0.25, -0.2) is 15.0 Å². The van der Waals surface area contributed by atoms with Crippen molar-refractivity contribution in [3.63, 3.8) is 0 Å². The van der Waals surface area contributed by atoms with Crippen molar-refractivity contribution >= 4 is 28.9 Å². The zero-order valence-corrected chi connectivity index (χ0v) is 28.0. The summed E-state index contributed by atoms with van der Waals surface area (Å²) in [4.78, 5) is 31.5. The number of pyridine rings is 1. The summed E-state index contributed by atoms with van der Waals surface area (Å²) in [6.07, 6.45) is 3.25. The van der Waals surface area contributed by atoms with Crippen LogP contribution in [0.2, 0.25) is 0 Å². The number of ether oxygens (including phenoxy) is 1. The molecule has 2 saturated heterocycles. The van der Waals surface area contributed by atoms with E-state index in [0.717, 1.165) is 67.7 Å². The van der Waals surface area contributed by atoms with Crippen LogP contribution in [-0.2, 0) is 16.7 Å². The smallest absolute Gasteiger partial charge is 0.255 e. The maximum absolute atomic E-state index is 13.3. The van der Waals surface area contributed by atoms with Crippen LogP contribution in [0.5, 0.6) is 0 Å². The highest BCUT2D eigenvalue weighted by molar-refractivity contribution is 6.04. The zero-order valence-electron chi connectivity index (χ0n) is 28.0. The normalized spacial score (nSPS) is 16.6. The van der Waals surface area contributed by atoms with E-state index >= 15 is 0 Å². The van der Waals surface area contributed by atoms with Crippen LogP contribution in [0.15, 0.2) is 55.0 Å². The number of likely N-dealkylation sites (N-methyl/N-ethyl adjacent to an activating group) is 1. The van der Waals surface area contributed by atoms with Crippen LogP contribution in [0.3, 0.4) is 0 Å². The Labute approximate surface area is 276 Å². The number of aryl methyl sites for hydroxylation is 1. The Morgan fingerprint density at radius 1 is 0.936 bits per heavy atom. The van der Waals surface area contributed by atoms with Gasteiger partial charge in [-0.1, -0.05) is 26.8 Å². The number of piperazine rings is 1. The molecule has 0 radical (unpaired) electrons. The fraction of sp³-hybridized carbons (Fsp3) is 0.441. The molecule has 0 atom stereocenters. The van der Waals surface area contributed by atoms with Crippen molar-refractivity contribution in [2.45, 2.75) is 39.7 Å². The number of amides is 1. The fourth-order valence-corrected chi connectivity index (χ4v) is 5.52. The number of morpholine rings is 1. The van der Waals surface area contributed by atoms with Gasteiger partial charge in [0.05, 0.1) is 18.9 Å². The molecule has 2 aliphatic rings.